The van der Waals surface area contributed by atoms with Gasteiger partial charge in [0.2, 0.25) is 0 Å². The van der Waals surface area contributed by atoms with Gasteiger partial charge in [0, 0.05) is 39.5 Å². The van der Waals surface area contributed by atoms with Crippen LogP contribution in [0.1, 0.15) is 47.2 Å². The molecule has 3 N–H and O–H groups in total. The minimum atomic E-state index is -2.34. The van der Waals surface area contributed by atoms with Crippen molar-refractivity contribution in [2.24, 2.45) is 0 Å². The molecule has 0 saturated carbocycles. The van der Waals surface area contributed by atoms with Crippen LogP contribution in [0.4, 0.5) is 34.1 Å². The molecule has 13 rings (SSSR count). The highest BCUT2D eigenvalue weighted by Crippen LogP contribution is 2.53. The third-order valence-electron chi connectivity index (χ3n) is 14.2. The summed E-state index contributed by atoms with van der Waals surface area (Å²) in [7, 11) is -2.34. The second-order valence-electron chi connectivity index (χ2n) is 18.2. The summed E-state index contributed by atoms with van der Waals surface area (Å²) in [5.41, 5.74) is 14.9. The van der Waals surface area contributed by atoms with Gasteiger partial charge in [-0.05, 0) is 90.5 Å². The van der Waals surface area contributed by atoms with Gasteiger partial charge in [-0.25, -0.2) is 0 Å². The molecule has 328 valence electrons. The van der Waals surface area contributed by atoms with Crippen LogP contribution in [0.5, 0.6) is 0 Å². The highest BCUT2D eigenvalue weighted by atomic mass is 28.3. The lowest BCUT2D eigenvalue weighted by Crippen LogP contribution is -2.76. The van der Waals surface area contributed by atoms with Crippen LogP contribution in [-0.2, 0) is 10.8 Å². The third-order valence-corrected chi connectivity index (χ3v) is 19.0. The van der Waals surface area contributed by atoms with E-state index in [0.29, 0.717) is 0 Å². The van der Waals surface area contributed by atoms with E-state index >= 15 is 0 Å². The van der Waals surface area contributed by atoms with Crippen LogP contribution in [-0.4, -0.2) is 8.07 Å². The highest BCUT2D eigenvalue weighted by Gasteiger charge is 2.47. The van der Waals surface area contributed by atoms with Gasteiger partial charge in [0.25, 0.3) is 0 Å². The fraction of sp³-hybridized carbons (Fsp3) is 0.0625. The zero-order chi connectivity index (χ0) is 46.0. The molecule has 3 aliphatic rings. The maximum absolute atomic E-state index is 3.67. The number of fused-ring (bicyclic) bond motifs is 6. The fourth-order valence-electron chi connectivity index (χ4n) is 11.2. The number of para-hydroxylation sites is 6. The van der Waals surface area contributed by atoms with Gasteiger partial charge in [-0.15, -0.1) is 0 Å². The molecule has 0 radical (unpaired) electrons. The minimum Gasteiger partial charge on any atom is -0.356 e. The van der Waals surface area contributed by atoms with Crippen LogP contribution in [0.2, 0.25) is 0 Å². The maximum atomic E-state index is 3.67. The van der Waals surface area contributed by atoms with Crippen LogP contribution in [0.3, 0.4) is 0 Å². The van der Waals surface area contributed by atoms with E-state index in [1.165, 1.54) is 88.3 Å². The molecule has 0 fully saturated rings. The van der Waals surface area contributed by atoms with Crippen molar-refractivity contribution in [1.82, 2.24) is 0 Å². The first-order valence-electron chi connectivity index (χ1n) is 23.6. The van der Waals surface area contributed by atoms with Gasteiger partial charge in [0.1, 0.15) is 0 Å². The number of hydrogen-bond acceptors (Lipinski definition) is 3. The Morgan fingerprint density at radius 3 is 0.912 bits per heavy atom. The van der Waals surface area contributed by atoms with E-state index in [0.717, 1.165) is 0 Å². The van der Waals surface area contributed by atoms with E-state index in [9.17, 15) is 0 Å². The SMILES string of the molecule is CC1(C)c2ccccc2Nc2ccccc21.c1ccc(C2(c3ccccc3)c3ccccc3Nc3ccccc32)cc1.c1ccc([Si]2(c3ccccc3)c3ccccc3Nc3ccccc32)cc1. The van der Waals surface area contributed by atoms with Crippen molar-refractivity contribution in [3.8, 4) is 0 Å². The monoisotopic (exact) mass is 891 g/mol. The Bertz CT molecular complexity index is 2950. The van der Waals surface area contributed by atoms with Crippen LogP contribution in [0.25, 0.3) is 0 Å². The molecule has 10 aromatic carbocycles. The molecule has 0 amide bonds. The number of rotatable bonds is 4. The van der Waals surface area contributed by atoms with Gasteiger partial charge in [-0.2, -0.15) is 0 Å². The molecular formula is C64H53N3Si. The lowest BCUT2D eigenvalue weighted by Gasteiger charge is -2.42. The van der Waals surface area contributed by atoms with Crippen molar-refractivity contribution < 1.29 is 0 Å². The van der Waals surface area contributed by atoms with E-state index in [1.54, 1.807) is 0 Å². The summed E-state index contributed by atoms with van der Waals surface area (Å²) >= 11 is 0. The number of hydrogen-bond donors (Lipinski definition) is 3. The van der Waals surface area contributed by atoms with E-state index in [4.69, 9.17) is 0 Å². The molecule has 0 unspecified atom stereocenters. The van der Waals surface area contributed by atoms with Crippen molar-refractivity contribution in [1.29, 1.82) is 0 Å². The Morgan fingerprint density at radius 2 is 0.529 bits per heavy atom. The van der Waals surface area contributed by atoms with Crippen LogP contribution >= 0.6 is 0 Å². The summed E-state index contributed by atoms with van der Waals surface area (Å²) in [4.78, 5) is 0. The Kier molecular flexibility index (Phi) is 11.2. The van der Waals surface area contributed by atoms with Crippen LogP contribution < -0.4 is 36.7 Å². The summed E-state index contributed by atoms with van der Waals surface area (Å²) in [5, 5.41) is 16.5. The van der Waals surface area contributed by atoms with Crippen molar-refractivity contribution >= 4 is 62.9 Å². The smallest absolute Gasteiger partial charge is 0.183 e. The number of anilines is 6. The Hall–Kier alpha value is -8.18. The van der Waals surface area contributed by atoms with Gasteiger partial charge in [-0.1, -0.05) is 244 Å². The molecular weight excluding hydrogens is 839 g/mol. The second-order valence-corrected chi connectivity index (χ2v) is 22.0. The zero-order valence-corrected chi connectivity index (χ0v) is 39.4. The number of benzene rings is 10. The Labute approximate surface area is 401 Å². The van der Waals surface area contributed by atoms with E-state index < -0.39 is 8.07 Å². The summed E-state index contributed by atoms with van der Waals surface area (Å²) in [6.07, 6.45) is 0. The molecule has 0 atom stereocenters. The molecule has 68 heavy (non-hydrogen) atoms. The molecule has 0 bridgehead atoms. The first-order chi connectivity index (χ1) is 33.5. The Balaban J connectivity index is 0.000000115. The molecule has 3 heterocycles. The van der Waals surface area contributed by atoms with Crippen molar-refractivity contribution in [2.45, 2.75) is 24.7 Å². The van der Waals surface area contributed by atoms with Crippen LogP contribution in [0, 0.1) is 0 Å². The van der Waals surface area contributed by atoms with Crippen molar-refractivity contribution in [3.63, 3.8) is 0 Å². The summed E-state index contributed by atoms with van der Waals surface area (Å²) < 4.78 is 0. The molecule has 0 aliphatic carbocycles. The zero-order valence-electron chi connectivity index (χ0n) is 38.4. The topological polar surface area (TPSA) is 36.1 Å². The average Bonchev–Trinajstić information content (AvgIpc) is 3.41. The van der Waals surface area contributed by atoms with Gasteiger partial charge >= 0.3 is 0 Å². The van der Waals surface area contributed by atoms with E-state index in [1.807, 2.05) is 0 Å². The van der Waals surface area contributed by atoms with Gasteiger partial charge in [0.15, 0.2) is 8.07 Å². The first kappa shape index (κ1) is 42.5. The molecule has 10 aromatic rings. The lowest BCUT2D eigenvalue weighted by atomic mass is 9.63. The first-order valence-corrected chi connectivity index (χ1v) is 25.6. The van der Waals surface area contributed by atoms with Gasteiger partial charge < -0.3 is 16.0 Å². The normalized spacial score (nSPS) is 14.4. The maximum Gasteiger partial charge on any atom is 0.183 e. The second kappa shape index (κ2) is 17.9. The van der Waals surface area contributed by atoms with E-state index in [2.05, 4.69) is 297 Å². The molecule has 0 aromatic heterocycles. The van der Waals surface area contributed by atoms with Crippen LogP contribution in [0.15, 0.2) is 267 Å². The molecule has 0 saturated heterocycles. The van der Waals surface area contributed by atoms with Gasteiger partial charge in [0.05, 0.1) is 5.41 Å². The molecule has 4 heteroatoms. The third kappa shape index (κ3) is 7.13. The standard InChI is InChI=1S/C25H19N.C24H19NSi.C15H15N/c1-3-11-19(12-4-1)25(20-13-5-2-6-14-20)21-15-7-9-17-23(21)26-24-18-10-8-16-22(24)25;1-3-11-19(12-4-1)26(20-13-5-2-6-14-20)23-17-9-7-15-21(23)25-22-16-8-10-18-24(22)26;1-15(2)11-7-3-5-9-13(11)16-14-10-6-4-8-12(14)15/h1-18,26H;1-18,25H;3-10,16H,1-2H3. The van der Waals surface area contributed by atoms with Crippen molar-refractivity contribution in [2.75, 3.05) is 16.0 Å². The average molecular weight is 892 g/mol. The summed E-state index contributed by atoms with van der Waals surface area (Å²) in [6.45, 7) is 4.57. The summed E-state index contributed by atoms with van der Waals surface area (Å²) in [6, 6.07) is 95.8. The molecule has 3 nitrogen and oxygen atoms in total. The van der Waals surface area contributed by atoms with E-state index in [-0.39, 0.29) is 10.8 Å². The highest BCUT2D eigenvalue weighted by molar-refractivity contribution is 7.21. The van der Waals surface area contributed by atoms with Crippen molar-refractivity contribution in [3.05, 3.63) is 300 Å². The largest absolute Gasteiger partial charge is 0.356 e. The lowest BCUT2D eigenvalue weighted by molar-refractivity contribution is 0.638. The minimum absolute atomic E-state index is 0.0818. The quantitative estimate of drug-likeness (QED) is 0.154. The van der Waals surface area contributed by atoms with Gasteiger partial charge in [-0.3, -0.25) is 0 Å². The summed E-state index contributed by atoms with van der Waals surface area (Å²) in [5.74, 6) is 0. The Morgan fingerprint density at radius 1 is 0.265 bits per heavy atom. The molecule has 3 aliphatic heterocycles. The predicted molar refractivity (Wildman–Crippen MR) is 290 cm³/mol. The molecule has 0 spiro atoms. The predicted octanol–water partition coefficient (Wildman–Crippen LogP) is 13.3. The fourth-order valence-corrected chi connectivity index (χ4v) is 16.2. The number of nitrogens with one attached hydrogen (secondary N) is 3.